The minimum absolute atomic E-state index is 0.0363. The highest BCUT2D eigenvalue weighted by molar-refractivity contribution is 5.81. The summed E-state index contributed by atoms with van der Waals surface area (Å²) in [5.41, 5.74) is 4.74. The van der Waals surface area contributed by atoms with Crippen LogP contribution in [0.25, 0.3) is 11.1 Å². The smallest absolute Gasteiger partial charge is 0.309 e. The molecule has 1 aliphatic rings. The van der Waals surface area contributed by atoms with Gasteiger partial charge in [0, 0.05) is 5.92 Å². The topological polar surface area (TPSA) is 52.6 Å². The average Bonchev–Trinajstić information content (AvgIpc) is 2.94. The van der Waals surface area contributed by atoms with Crippen LogP contribution in [0.15, 0.2) is 48.5 Å². The third-order valence-electron chi connectivity index (χ3n) is 4.54. The van der Waals surface area contributed by atoms with Gasteiger partial charge in [-0.2, -0.15) is 0 Å². The van der Waals surface area contributed by atoms with Crippen molar-refractivity contribution >= 4 is 11.9 Å². The van der Waals surface area contributed by atoms with Gasteiger partial charge < -0.3 is 9.47 Å². The lowest BCUT2D eigenvalue weighted by Crippen LogP contribution is -2.21. The fourth-order valence-corrected chi connectivity index (χ4v) is 3.29. The van der Waals surface area contributed by atoms with E-state index in [1.807, 2.05) is 24.3 Å². The molecule has 2 aromatic carbocycles. The van der Waals surface area contributed by atoms with Gasteiger partial charge in [0.2, 0.25) is 0 Å². The van der Waals surface area contributed by atoms with E-state index in [0.29, 0.717) is 6.61 Å². The van der Waals surface area contributed by atoms with Crippen LogP contribution in [0.2, 0.25) is 0 Å². The molecule has 0 fully saturated rings. The van der Waals surface area contributed by atoms with Gasteiger partial charge in [0.25, 0.3) is 0 Å². The molecule has 0 aliphatic heterocycles. The normalized spacial score (nSPS) is 13.7. The Labute approximate surface area is 147 Å². The van der Waals surface area contributed by atoms with E-state index < -0.39 is 5.92 Å². The van der Waals surface area contributed by atoms with Crippen molar-refractivity contribution in [3.63, 3.8) is 0 Å². The second-order valence-electron chi connectivity index (χ2n) is 6.27. The molecule has 0 N–H and O–H groups in total. The summed E-state index contributed by atoms with van der Waals surface area (Å²) in [6.45, 7) is 4.02. The quantitative estimate of drug-likeness (QED) is 0.749. The lowest BCUT2D eigenvalue weighted by Gasteiger charge is -2.15. The zero-order valence-corrected chi connectivity index (χ0v) is 14.5. The summed E-state index contributed by atoms with van der Waals surface area (Å²) in [6, 6.07) is 16.4. The third-order valence-corrected chi connectivity index (χ3v) is 4.54. The van der Waals surface area contributed by atoms with E-state index in [1.165, 1.54) is 22.3 Å². The standard InChI is InChI=1S/C21H22O4/c1-3-24-21(23)14(2)12-20(22)25-13-19-17-10-6-4-8-15(17)16-9-5-7-11-18(16)19/h4-11,14,19H,3,12-13H2,1-2H3. The van der Waals surface area contributed by atoms with E-state index in [0.717, 1.165) is 0 Å². The Hall–Kier alpha value is -2.62. The van der Waals surface area contributed by atoms with Gasteiger partial charge in [0.1, 0.15) is 6.61 Å². The Kier molecular flexibility index (Phi) is 5.17. The van der Waals surface area contributed by atoms with Gasteiger partial charge in [0.05, 0.1) is 18.9 Å². The molecule has 25 heavy (non-hydrogen) atoms. The second-order valence-corrected chi connectivity index (χ2v) is 6.27. The molecule has 1 aliphatic carbocycles. The molecule has 0 heterocycles. The zero-order valence-electron chi connectivity index (χ0n) is 14.5. The van der Waals surface area contributed by atoms with Gasteiger partial charge in [-0.25, -0.2) is 0 Å². The summed E-state index contributed by atoms with van der Waals surface area (Å²) in [5, 5.41) is 0. The largest absolute Gasteiger partial charge is 0.466 e. The van der Waals surface area contributed by atoms with Gasteiger partial charge in [-0.15, -0.1) is 0 Å². The molecule has 0 saturated carbocycles. The van der Waals surface area contributed by atoms with Crippen LogP contribution < -0.4 is 0 Å². The van der Waals surface area contributed by atoms with E-state index in [9.17, 15) is 9.59 Å². The maximum atomic E-state index is 12.1. The average molecular weight is 338 g/mol. The molecular formula is C21H22O4. The maximum Gasteiger partial charge on any atom is 0.309 e. The van der Waals surface area contributed by atoms with Gasteiger partial charge in [-0.05, 0) is 29.2 Å². The maximum absolute atomic E-state index is 12.1. The number of ether oxygens (including phenoxy) is 2. The van der Waals surface area contributed by atoms with Gasteiger partial charge in [-0.3, -0.25) is 9.59 Å². The number of hydrogen-bond acceptors (Lipinski definition) is 4. The fourth-order valence-electron chi connectivity index (χ4n) is 3.29. The van der Waals surface area contributed by atoms with Crippen LogP contribution in [0.5, 0.6) is 0 Å². The van der Waals surface area contributed by atoms with Crippen LogP contribution in [0.4, 0.5) is 0 Å². The highest BCUT2D eigenvalue weighted by atomic mass is 16.5. The molecule has 2 aromatic rings. The van der Waals surface area contributed by atoms with Crippen LogP contribution in [0.3, 0.4) is 0 Å². The Bertz CT molecular complexity index is 735. The SMILES string of the molecule is CCOC(=O)C(C)CC(=O)OCC1c2ccccc2-c2ccccc21. The van der Waals surface area contributed by atoms with Crippen molar-refractivity contribution in [1.82, 2.24) is 0 Å². The summed E-state index contributed by atoms with van der Waals surface area (Å²) in [4.78, 5) is 23.7. The molecule has 1 unspecified atom stereocenters. The van der Waals surface area contributed by atoms with Crippen LogP contribution in [0.1, 0.15) is 37.3 Å². The number of carbonyl (C=O) groups excluding carboxylic acids is 2. The second kappa shape index (κ2) is 7.51. The molecule has 4 heteroatoms. The van der Waals surface area contributed by atoms with Crippen molar-refractivity contribution in [3.05, 3.63) is 59.7 Å². The van der Waals surface area contributed by atoms with E-state index >= 15 is 0 Å². The molecule has 1 atom stereocenters. The summed E-state index contributed by atoms with van der Waals surface area (Å²) < 4.78 is 10.4. The lowest BCUT2D eigenvalue weighted by molar-refractivity contribution is -0.154. The van der Waals surface area contributed by atoms with E-state index in [2.05, 4.69) is 24.3 Å². The summed E-state index contributed by atoms with van der Waals surface area (Å²) in [5.74, 6) is -1.19. The highest BCUT2D eigenvalue weighted by Crippen LogP contribution is 2.44. The number of carbonyl (C=O) groups is 2. The summed E-state index contributed by atoms with van der Waals surface area (Å²) >= 11 is 0. The predicted octanol–water partition coefficient (Wildman–Crippen LogP) is 3.93. The first-order valence-corrected chi connectivity index (χ1v) is 8.62. The molecule has 0 saturated heterocycles. The van der Waals surface area contributed by atoms with Crippen molar-refractivity contribution in [2.45, 2.75) is 26.2 Å². The Morgan fingerprint density at radius 3 is 2.08 bits per heavy atom. The zero-order chi connectivity index (χ0) is 17.8. The Morgan fingerprint density at radius 1 is 0.960 bits per heavy atom. The van der Waals surface area contributed by atoms with Gasteiger partial charge >= 0.3 is 11.9 Å². The highest BCUT2D eigenvalue weighted by Gasteiger charge is 2.29. The molecule has 0 aromatic heterocycles. The summed E-state index contributed by atoms with van der Waals surface area (Å²) in [7, 11) is 0. The number of fused-ring (bicyclic) bond motifs is 3. The molecule has 0 amide bonds. The first-order chi connectivity index (χ1) is 12.1. The molecule has 0 radical (unpaired) electrons. The van der Waals surface area contributed by atoms with Crippen molar-refractivity contribution < 1.29 is 19.1 Å². The predicted molar refractivity (Wildman–Crippen MR) is 95.1 cm³/mol. The van der Waals surface area contributed by atoms with E-state index in [-0.39, 0.29) is 30.9 Å². The molecular weight excluding hydrogens is 316 g/mol. The molecule has 3 rings (SSSR count). The van der Waals surface area contributed by atoms with Crippen LogP contribution in [-0.2, 0) is 19.1 Å². The fraction of sp³-hybridized carbons (Fsp3) is 0.333. The van der Waals surface area contributed by atoms with Crippen LogP contribution >= 0.6 is 0 Å². The van der Waals surface area contributed by atoms with Crippen LogP contribution in [0, 0.1) is 5.92 Å². The van der Waals surface area contributed by atoms with E-state index in [1.54, 1.807) is 13.8 Å². The number of benzene rings is 2. The molecule has 130 valence electrons. The molecule has 0 bridgehead atoms. The van der Waals surface area contributed by atoms with Crippen molar-refractivity contribution in [1.29, 1.82) is 0 Å². The first kappa shape index (κ1) is 17.2. The number of rotatable bonds is 6. The Balaban J connectivity index is 1.67. The Morgan fingerprint density at radius 2 is 1.52 bits per heavy atom. The lowest BCUT2D eigenvalue weighted by atomic mass is 9.98. The van der Waals surface area contributed by atoms with Gasteiger partial charge in [0.15, 0.2) is 0 Å². The van der Waals surface area contributed by atoms with Crippen molar-refractivity contribution in [2.24, 2.45) is 5.92 Å². The molecule has 0 spiro atoms. The number of hydrogen-bond donors (Lipinski definition) is 0. The minimum atomic E-state index is -0.490. The first-order valence-electron chi connectivity index (χ1n) is 8.62. The number of esters is 2. The van der Waals surface area contributed by atoms with E-state index in [4.69, 9.17) is 9.47 Å². The van der Waals surface area contributed by atoms with Crippen molar-refractivity contribution in [3.8, 4) is 11.1 Å². The van der Waals surface area contributed by atoms with Gasteiger partial charge in [-0.1, -0.05) is 55.5 Å². The molecule has 4 nitrogen and oxygen atoms in total. The van der Waals surface area contributed by atoms with Crippen molar-refractivity contribution in [2.75, 3.05) is 13.2 Å². The third kappa shape index (κ3) is 3.58. The minimum Gasteiger partial charge on any atom is -0.466 e. The van der Waals surface area contributed by atoms with Crippen LogP contribution in [-0.4, -0.2) is 25.2 Å². The summed E-state index contributed by atoms with van der Waals surface area (Å²) in [6.07, 6.45) is 0.0366. The monoisotopic (exact) mass is 338 g/mol.